The lowest BCUT2D eigenvalue weighted by atomic mass is 10.1. The Bertz CT molecular complexity index is 335. The van der Waals surface area contributed by atoms with Gasteiger partial charge in [-0.1, -0.05) is 0 Å². The topological polar surface area (TPSA) is 90.6 Å². The summed E-state index contributed by atoms with van der Waals surface area (Å²) in [5.41, 5.74) is 4.22. The Morgan fingerprint density at radius 1 is 1.05 bits per heavy atom. The zero-order valence-electron chi connectivity index (χ0n) is 13.8. The van der Waals surface area contributed by atoms with Crippen LogP contribution in [0.15, 0.2) is 0 Å². The average molecular weight is 325 g/mol. The molecule has 0 aromatic rings. The lowest BCUT2D eigenvalue weighted by Crippen LogP contribution is -2.46. The van der Waals surface area contributed by atoms with Gasteiger partial charge in [0.2, 0.25) is 0 Å². The van der Waals surface area contributed by atoms with Gasteiger partial charge in [-0.25, -0.2) is 9.59 Å². The van der Waals surface area contributed by atoms with Gasteiger partial charge in [-0.2, -0.15) is 0 Å². The molecule has 0 unspecified atom stereocenters. The number of amides is 1. The lowest BCUT2D eigenvalue weighted by Gasteiger charge is -2.26. The predicted octanol–water partition coefficient (Wildman–Crippen LogP) is 2.38. The molecule has 6 nitrogen and oxygen atoms in total. The number of halogens is 1. The molecule has 0 aliphatic rings. The van der Waals surface area contributed by atoms with Gasteiger partial charge in [-0.05, 0) is 60.9 Å². The Labute approximate surface area is 133 Å². The maximum absolute atomic E-state index is 12.0. The van der Waals surface area contributed by atoms with Gasteiger partial charge in [0.1, 0.15) is 17.2 Å². The van der Waals surface area contributed by atoms with Gasteiger partial charge in [-0.3, -0.25) is 0 Å². The van der Waals surface area contributed by atoms with Crippen molar-refractivity contribution in [2.24, 2.45) is 5.73 Å². The molecule has 0 heterocycles. The van der Waals surface area contributed by atoms with Crippen molar-refractivity contribution < 1.29 is 19.1 Å². The number of alkyl carbamates (subject to hydrolysis) is 1. The van der Waals surface area contributed by atoms with Gasteiger partial charge < -0.3 is 20.5 Å². The van der Waals surface area contributed by atoms with Crippen LogP contribution in [0.25, 0.3) is 0 Å². The van der Waals surface area contributed by atoms with E-state index in [0.29, 0.717) is 19.4 Å². The van der Waals surface area contributed by atoms with Crippen molar-refractivity contribution in [1.82, 2.24) is 5.32 Å². The van der Waals surface area contributed by atoms with Crippen molar-refractivity contribution in [1.29, 1.82) is 0 Å². The zero-order chi connectivity index (χ0) is 16.0. The van der Waals surface area contributed by atoms with E-state index < -0.39 is 29.3 Å². The lowest BCUT2D eigenvalue weighted by molar-refractivity contribution is -0.157. The molecule has 0 bridgehead atoms. The Hall–Kier alpha value is -1.01. The van der Waals surface area contributed by atoms with Crippen LogP contribution in [0.3, 0.4) is 0 Å². The smallest absolute Gasteiger partial charge is 0.408 e. The summed E-state index contributed by atoms with van der Waals surface area (Å²) in [5, 5.41) is 2.54. The average Bonchev–Trinajstić information content (AvgIpc) is 2.18. The zero-order valence-corrected chi connectivity index (χ0v) is 14.6. The molecule has 0 radical (unpaired) electrons. The Morgan fingerprint density at radius 3 is 1.90 bits per heavy atom. The molecule has 3 N–H and O–H groups in total. The summed E-state index contributed by atoms with van der Waals surface area (Å²) >= 11 is 0. The number of ether oxygens (including phenoxy) is 2. The van der Waals surface area contributed by atoms with E-state index in [0.717, 1.165) is 0 Å². The fraction of sp³-hybridized carbons (Fsp3) is 0.857. The van der Waals surface area contributed by atoms with Crippen LogP contribution in [0.1, 0.15) is 54.4 Å². The molecule has 0 saturated carbocycles. The van der Waals surface area contributed by atoms with Crippen molar-refractivity contribution in [2.45, 2.75) is 71.6 Å². The van der Waals surface area contributed by atoms with Crippen LogP contribution in [0.2, 0.25) is 0 Å². The molecule has 1 atom stereocenters. The standard InChI is InChI=1S/C14H28N2O4.ClH/c1-13(2,3)19-11(17)10(8-7-9-15)16-12(18)20-14(4,5)6;/h10H,7-9,15H2,1-6H3,(H,16,18);1H/t10-;/m1./s1. The van der Waals surface area contributed by atoms with Gasteiger partial charge >= 0.3 is 12.1 Å². The van der Waals surface area contributed by atoms with Gasteiger partial charge in [0.05, 0.1) is 0 Å². The summed E-state index contributed by atoms with van der Waals surface area (Å²) < 4.78 is 10.4. The molecule has 7 heteroatoms. The summed E-state index contributed by atoms with van der Waals surface area (Å²) in [7, 11) is 0. The first-order valence-corrected chi connectivity index (χ1v) is 6.87. The molecule has 0 rings (SSSR count). The predicted molar refractivity (Wildman–Crippen MR) is 84.5 cm³/mol. The number of nitrogens with one attached hydrogen (secondary N) is 1. The van der Waals surface area contributed by atoms with E-state index in [9.17, 15) is 9.59 Å². The second-order valence-corrected chi connectivity index (χ2v) is 6.66. The van der Waals surface area contributed by atoms with E-state index in [1.54, 1.807) is 41.5 Å². The minimum Gasteiger partial charge on any atom is -0.458 e. The molecule has 0 aliphatic carbocycles. The highest BCUT2D eigenvalue weighted by molar-refractivity contribution is 5.85. The molecule has 0 aromatic carbocycles. The number of nitrogens with two attached hydrogens (primary N) is 1. The first-order valence-electron chi connectivity index (χ1n) is 6.87. The third kappa shape index (κ3) is 12.4. The third-order valence-corrected chi connectivity index (χ3v) is 2.08. The minimum atomic E-state index is -0.743. The molecular formula is C14H29ClN2O4. The fourth-order valence-electron chi connectivity index (χ4n) is 1.39. The van der Waals surface area contributed by atoms with Crippen LogP contribution in [0.5, 0.6) is 0 Å². The molecule has 0 fully saturated rings. The van der Waals surface area contributed by atoms with E-state index in [1.807, 2.05) is 0 Å². The van der Waals surface area contributed by atoms with E-state index in [4.69, 9.17) is 15.2 Å². The third-order valence-electron chi connectivity index (χ3n) is 2.08. The number of hydrogen-bond acceptors (Lipinski definition) is 5. The second kappa shape index (κ2) is 9.10. The summed E-state index contributed by atoms with van der Waals surface area (Å²) in [5.74, 6) is -0.475. The molecule has 0 spiro atoms. The highest BCUT2D eigenvalue weighted by Gasteiger charge is 2.28. The fourth-order valence-corrected chi connectivity index (χ4v) is 1.39. The minimum absolute atomic E-state index is 0. The van der Waals surface area contributed by atoms with Crippen LogP contribution in [-0.2, 0) is 14.3 Å². The summed E-state index contributed by atoms with van der Waals surface area (Å²) in [4.78, 5) is 23.8. The van der Waals surface area contributed by atoms with Crippen LogP contribution in [-0.4, -0.2) is 35.9 Å². The van der Waals surface area contributed by atoms with Crippen LogP contribution in [0.4, 0.5) is 4.79 Å². The molecule has 126 valence electrons. The first-order chi connectivity index (χ1) is 8.94. The number of esters is 1. The van der Waals surface area contributed by atoms with E-state index >= 15 is 0 Å². The largest absolute Gasteiger partial charge is 0.458 e. The van der Waals surface area contributed by atoms with Crippen molar-refractivity contribution in [3.8, 4) is 0 Å². The number of carbonyl (C=O) groups excluding carboxylic acids is 2. The number of rotatable bonds is 5. The van der Waals surface area contributed by atoms with E-state index in [1.165, 1.54) is 0 Å². The van der Waals surface area contributed by atoms with Gasteiger partial charge in [0.15, 0.2) is 0 Å². The quantitative estimate of drug-likeness (QED) is 0.758. The van der Waals surface area contributed by atoms with Crippen molar-refractivity contribution in [2.75, 3.05) is 6.54 Å². The second-order valence-electron chi connectivity index (χ2n) is 6.66. The summed E-state index contributed by atoms with van der Waals surface area (Å²) in [6, 6.07) is -0.743. The van der Waals surface area contributed by atoms with Crippen LogP contribution in [0, 0.1) is 0 Å². The van der Waals surface area contributed by atoms with Crippen molar-refractivity contribution >= 4 is 24.5 Å². The normalized spacial score (nSPS) is 12.9. The molecule has 1 amide bonds. The molecule has 21 heavy (non-hydrogen) atoms. The van der Waals surface area contributed by atoms with Gasteiger partial charge in [0, 0.05) is 0 Å². The Kier molecular flexibility index (Phi) is 9.65. The molecule has 0 aliphatic heterocycles. The van der Waals surface area contributed by atoms with Gasteiger partial charge in [0.25, 0.3) is 0 Å². The number of carbonyl (C=O) groups is 2. The summed E-state index contributed by atoms with van der Waals surface area (Å²) in [6.07, 6.45) is 0.398. The van der Waals surface area contributed by atoms with Crippen LogP contribution < -0.4 is 11.1 Å². The summed E-state index contributed by atoms with van der Waals surface area (Å²) in [6.45, 7) is 11.0. The first kappa shape index (κ1) is 22.3. The van der Waals surface area contributed by atoms with E-state index in [-0.39, 0.29) is 12.4 Å². The highest BCUT2D eigenvalue weighted by Crippen LogP contribution is 2.12. The monoisotopic (exact) mass is 324 g/mol. The highest BCUT2D eigenvalue weighted by atomic mass is 35.5. The molecular weight excluding hydrogens is 296 g/mol. The maximum Gasteiger partial charge on any atom is 0.408 e. The maximum atomic E-state index is 12.0. The number of hydrogen-bond donors (Lipinski definition) is 2. The van der Waals surface area contributed by atoms with E-state index in [2.05, 4.69) is 5.32 Å². The SMILES string of the molecule is CC(C)(C)OC(=O)N[C@H](CCCN)C(=O)OC(C)(C)C.Cl. The van der Waals surface area contributed by atoms with Gasteiger partial charge in [-0.15, -0.1) is 12.4 Å². The molecule has 0 aromatic heterocycles. The van der Waals surface area contributed by atoms with Crippen LogP contribution >= 0.6 is 12.4 Å². The van der Waals surface area contributed by atoms with Crippen molar-refractivity contribution in [3.05, 3.63) is 0 Å². The Balaban J connectivity index is 0. The van der Waals surface area contributed by atoms with Crippen molar-refractivity contribution in [3.63, 3.8) is 0 Å². The Morgan fingerprint density at radius 2 is 1.52 bits per heavy atom. The molecule has 0 saturated heterocycles.